The van der Waals surface area contributed by atoms with Crippen molar-refractivity contribution in [2.45, 2.75) is 147 Å². The molecule has 84 heavy (non-hydrogen) atoms. The van der Waals surface area contributed by atoms with Crippen molar-refractivity contribution in [2.24, 2.45) is 5.92 Å². The van der Waals surface area contributed by atoms with Crippen LogP contribution in [0.25, 0.3) is 22.0 Å². The Bertz CT molecular complexity index is 3770. The summed E-state index contributed by atoms with van der Waals surface area (Å²) in [4.78, 5) is 33.2. The van der Waals surface area contributed by atoms with Crippen LogP contribution in [0.4, 0.5) is 54.5 Å². The van der Waals surface area contributed by atoms with Gasteiger partial charge in [-0.1, -0.05) is 23.6 Å². The molecular weight excluding hydrogens is 1220 g/mol. The van der Waals surface area contributed by atoms with Crippen LogP contribution in [-0.2, 0) is 74.4 Å². The molecule has 0 saturated heterocycles. The van der Waals surface area contributed by atoms with Gasteiger partial charge in [-0.15, -0.1) is 0 Å². The number of hydrogen-bond donors (Lipinski definition) is 2. The lowest BCUT2D eigenvalue weighted by molar-refractivity contribution is -0.143. The van der Waals surface area contributed by atoms with Gasteiger partial charge < -0.3 is 10.6 Å². The van der Waals surface area contributed by atoms with E-state index in [1.807, 2.05) is 0 Å². The van der Waals surface area contributed by atoms with Crippen LogP contribution in [0, 0.1) is 29.4 Å². The van der Waals surface area contributed by atoms with E-state index in [1.165, 1.54) is 27.7 Å². The number of sulfone groups is 1. The summed E-state index contributed by atoms with van der Waals surface area (Å²) >= 11 is 6.76. The normalized spacial score (nSPS) is 17.1. The number of anilines is 1. The molecule has 2 aromatic carbocycles. The Morgan fingerprint density at radius 1 is 0.857 bits per heavy atom. The zero-order chi connectivity index (χ0) is 63.3. The van der Waals surface area contributed by atoms with Crippen LogP contribution >= 0.6 is 19.4 Å². The number of amides is 3. The smallest absolute Gasteiger partial charge is 0.346 e. The first-order valence-corrected chi connectivity index (χ1v) is 30.9. The molecule has 1 saturated carbocycles. The van der Waals surface area contributed by atoms with Crippen molar-refractivity contribution < 1.29 is 88.5 Å². The van der Waals surface area contributed by atoms with Gasteiger partial charge in [-0.3, -0.25) is 27.7 Å². The van der Waals surface area contributed by atoms with Gasteiger partial charge in [-0.2, -0.15) is 49.6 Å². The minimum Gasteiger partial charge on any atom is -0.346 e. The number of halogens is 11. The maximum absolute atomic E-state index is 15.7. The molecule has 2 aliphatic carbocycles. The third-order valence-corrected chi connectivity index (χ3v) is 18.3. The van der Waals surface area contributed by atoms with E-state index >= 15 is 8.78 Å². The second-order valence-corrected chi connectivity index (χ2v) is 29.7. The number of nitrogens with one attached hydrogen (secondary N) is 2. The first-order valence-electron chi connectivity index (χ1n) is 25.3. The highest BCUT2D eigenvalue weighted by Gasteiger charge is 2.68. The zero-order valence-electron chi connectivity index (χ0n) is 47.0. The molecule has 0 bridgehead atoms. The molecule has 1 fully saturated rings. The minimum absolute atomic E-state index is 0.0169. The van der Waals surface area contributed by atoms with E-state index in [9.17, 15) is 66.1 Å². The minimum atomic E-state index is -5.25. The van der Waals surface area contributed by atoms with Gasteiger partial charge in [0, 0.05) is 41.5 Å². The molecule has 7 rings (SSSR count). The largest absolute Gasteiger partial charge is 0.476 e. The summed E-state index contributed by atoms with van der Waals surface area (Å²) in [6.45, 7) is 10.3. The van der Waals surface area contributed by atoms with Gasteiger partial charge in [0.2, 0.25) is 15.9 Å². The molecule has 5 aromatic rings. The molecule has 32 heteroatoms. The number of rotatable bonds is 17. The van der Waals surface area contributed by atoms with Gasteiger partial charge in [0.25, 0.3) is 5.92 Å². The second kappa shape index (κ2) is 22.2. The number of alkyl halides is 8. The first kappa shape index (κ1) is 65.7. The Kier molecular flexibility index (Phi) is 17.3. The molecule has 0 aliphatic heterocycles. The van der Waals surface area contributed by atoms with E-state index in [0.29, 0.717) is 12.3 Å². The van der Waals surface area contributed by atoms with Gasteiger partial charge in [-0.05, 0) is 130 Å². The standard InChI is InChI=1S/C52H58ClF10N8O10PS2/c1-46(2,3)79-82(74,80-47(4,5)6)81-48(7,8)25-64-45(73)71(84(12,77)78)44-39-35(53)16-15-32(41(39)70(68-44)26-50(56,57)58)31-14-13-30(17-18-49(9,10)83(11,75)76)65-40(31)36(21-27-19-28(54)22-29(55)20-27)66-37(72)24-69-43-38(42(67-69)52(61,62)63)33-23-34(33)51(43,59)60/h13-16,19-20,22,33-34,36H,21,23-26H2,1-12H3,(H,64,73)(H,66,72)/t33-,34+,36-/m0/s1. The van der Waals surface area contributed by atoms with Crippen molar-refractivity contribution in [1.29, 1.82) is 0 Å². The number of carbonyl (C=O) groups is 2. The van der Waals surface area contributed by atoms with Gasteiger partial charge in [0.05, 0.1) is 50.7 Å². The fourth-order valence-electron chi connectivity index (χ4n) is 9.23. The van der Waals surface area contributed by atoms with Crippen LogP contribution in [0.15, 0.2) is 42.5 Å². The Hall–Kier alpha value is -5.83. The number of hydrogen-bond acceptors (Lipinski definition) is 13. The number of fused-ring (bicyclic) bond motifs is 4. The third-order valence-electron chi connectivity index (χ3n) is 12.8. The molecule has 3 aromatic heterocycles. The Balaban J connectivity index is 1.43. The lowest BCUT2D eigenvalue weighted by Gasteiger charge is -2.36. The number of sulfonamides is 1. The molecule has 3 amide bonds. The van der Waals surface area contributed by atoms with Gasteiger partial charge in [0.15, 0.2) is 21.3 Å². The maximum Gasteiger partial charge on any atom is 0.476 e. The second-order valence-electron chi connectivity index (χ2n) is 23.4. The van der Waals surface area contributed by atoms with Crippen molar-refractivity contribution in [3.05, 3.63) is 93.0 Å². The predicted molar refractivity (Wildman–Crippen MR) is 288 cm³/mol. The Morgan fingerprint density at radius 3 is 1.98 bits per heavy atom. The van der Waals surface area contributed by atoms with Gasteiger partial charge in [0.1, 0.15) is 40.9 Å². The van der Waals surface area contributed by atoms with Crippen LogP contribution < -0.4 is 14.9 Å². The number of nitrogens with zero attached hydrogens (tertiary/aromatic N) is 6. The average Bonchev–Trinajstić information content (AvgIpc) is 1.54. The highest BCUT2D eigenvalue weighted by atomic mass is 35.5. The summed E-state index contributed by atoms with van der Waals surface area (Å²) in [6, 6.07) is 3.06. The predicted octanol–water partition coefficient (Wildman–Crippen LogP) is 11.3. The van der Waals surface area contributed by atoms with Gasteiger partial charge in [-0.25, -0.2) is 40.0 Å². The van der Waals surface area contributed by atoms with Crippen molar-refractivity contribution in [2.75, 3.05) is 23.4 Å². The van der Waals surface area contributed by atoms with E-state index in [-0.39, 0.29) is 36.9 Å². The molecule has 460 valence electrons. The molecule has 2 aliphatic rings. The van der Waals surface area contributed by atoms with E-state index in [0.717, 1.165) is 42.7 Å². The fourth-order valence-corrected chi connectivity index (χ4v) is 12.6. The lowest BCUT2D eigenvalue weighted by atomic mass is 9.93. The number of pyridine rings is 1. The summed E-state index contributed by atoms with van der Waals surface area (Å²) in [5.74, 6) is -6.22. The van der Waals surface area contributed by atoms with Crippen LogP contribution in [-0.4, -0.2) is 100 Å². The fraction of sp³-hybridized carbons (Fsp3) is 0.519. The highest BCUT2D eigenvalue weighted by Crippen LogP contribution is 2.68. The summed E-state index contributed by atoms with van der Waals surface area (Å²) in [6.07, 6.45) is -10.1. The van der Waals surface area contributed by atoms with Crippen LogP contribution in [0.1, 0.15) is 122 Å². The van der Waals surface area contributed by atoms with Crippen molar-refractivity contribution >= 4 is 67.9 Å². The van der Waals surface area contributed by atoms with Crippen LogP contribution in [0.3, 0.4) is 0 Å². The molecule has 0 spiro atoms. The SMILES string of the molecule is CC(C)(C)OP(=O)(OC(C)(C)C)OC(C)(C)CNC(=O)N(c1nn(CC(F)(F)F)c2c(-c3ccc(C#CC(C)(C)S(C)(=O)=O)nc3[C@H](Cc3cc(F)cc(F)c3)NC(=O)Cn3nc(C(F)(F)F)c4c3C(F)(F)[C@@H]3C[C@H]43)ccc(Cl)c12)S(C)(=O)=O. The van der Waals surface area contributed by atoms with Crippen molar-refractivity contribution in [3.63, 3.8) is 0 Å². The molecule has 18 nitrogen and oxygen atoms in total. The average molecular weight is 1280 g/mol. The van der Waals surface area contributed by atoms with E-state index in [4.69, 9.17) is 25.2 Å². The summed E-state index contributed by atoms with van der Waals surface area (Å²) < 4.78 is 232. The zero-order valence-corrected chi connectivity index (χ0v) is 50.3. The monoisotopic (exact) mass is 1270 g/mol. The van der Waals surface area contributed by atoms with Gasteiger partial charge >= 0.3 is 26.2 Å². The van der Waals surface area contributed by atoms with Crippen LogP contribution in [0.5, 0.6) is 0 Å². The molecular formula is C52H58ClF10N8O10PS2. The summed E-state index contributed by atoms with van der Waals surface area (Å²) in [5.41, 5.74) is -10.1. The highest BCUT2D eigenvalue weighted by molar-refractivity contribution is 7.93. The van der Waals surface area contributed by atoms with E-state index in [1.54, 1.807) is 41.5 Å². The number of aromatic nitrogens is 5. The lowest BCUT2D eigenvalue weighted by Crippen LogP contribution is -2.49. The Morgan fingerprint density at radius 2 is 1.44 bits per heavy atom. The topological polar surface area (TPSA) is 223 Å². The van der Waals surface area contributed by atoms with E-state index < -0.39 is 185 Å². The summed E-state index contributed by atoms with van der Waals surface area (Å²) in [5, 5.41) is 10.9. The molecule has 0 unspecified atom stereocenters. The number of carbonyl (C=O) groups excluding carboxylic acids is 2. The number of urea groups is 1. The molecule has 3 heterocycles. The van der Waals surface area contributed by atoms with Crippen LogP contribution in [0.2, 0.25) is 5.02 Å². The van der Waals surface area contributed by atoms with Crippen molar-refractivity contribution in [3.8, 4) is 23.0 Å². The number of benzene rings is 2. The number of phosphoric acid groups is 1. The number of phosphoric ester groups is 1. The third kappa shape index (κ3) is 14.9. The Labute approximate surface area is 481 Å². The molecule has 0 radical (unpaired) electrons. The first-order chi connectivity index (χ1) is 38.0. The molecule has 2 N–H and O–H groups in total. The maximum atomic E-state index is 15.7. The molecule has 3 atom stereocenters. The quantitative estimate of drug-likeness (QED) is 0.0503. The van der Waals surface area contributed by atoms with E-state index in [2.05, 4.69) is 37.7 Å². The van der Waals surface area contributed by atoms with Crippen molar-refractivity contribution in [1.82, 2.24) is 35.2 Å². The summed E-state index contributed by atoms with van der Waals surface area (Å²) in [7, 11) is -13.4.